The van der Waals surface area contributed by atoms with Crippen molar-refractivity contribution in [2.45, 2.75) is 160 Å². The Hall–Kier alpha value is -0.760. The third-order valence-corrected chi connectivity index (χ3v) is 8.47. The van der Waals surface area contributed by atoms with Gasteiger partial charge >= 0.3 is 23.3 Å². The van der Waals surface area contributed by atoms with Crippen molar-refractivity contribution in [2.24, 2.45) is 0 Å². The monoisotopic (exact) mass is 667 g/mol. The molecule has 4 nitrogen and oxygen atoms in total. The van der Waals surface area contributed by atoms with E-state index in [0.29, 0.717) is 0 Å². The minimum Gasteiger partial charge on any atom is -0.743 e. The zero-order chi connectivity index (χ0) is 33.8. The summed E-state index contributed by atoms with van der Waals surface area (Å²) in [6.07, 6.45) is 18.7. The van der Waals surface area contributed by atoms with Crippen molar-refractivity contribution < 1.29 is 57.0 Å². The zero-order valence-electron chi connectivity index (χ0n) is 26.3. The zero-order valence-corrected chi connectivity index (χ0v) is 27.1. The first-order valence-corrected chi connectivity index (χ1v) is 17.1. The van der Waals surface area contributed by atoms with E-state index in [0.717, 1.165) is 0 Å². The van der Waals surface area contributed by atoms with Crippen LogP contribution in [0.4, 0.5) is 39.5 Å². The van der Waals surface area contributed by atoms with Gasteiger partial charge in [0.15, 0.2) is 10.1 Å². The third-order valence-electron chi connectivity index (χ3n) is 7.58. The van der Waals surface area contributed by atoms with Crippen molar-refractivity contribution in [3.05, 3.63) is 0 Å². The van der Waals surface area contributed by atoms with Crippen LogP contribution in [0.2, 0.25) is 0 Å². The van der Waals surface area contributed by atoms with E-state index in [-0.39, 0.29) is 0 Å². The van der Waals surface area contributed by atoms with Crippen LogP contribution in [0.1, 0.15) is 136 Å². The van der Waals surface area contributed by atoms with Crippen molar-refractivity contribution in [3.8, 4) is 0 Å². The maximum atomic E-state index is 12.2. The predicted molar refractivity (Wildman–Crippen MR) is 152 cm³/mol. The summed E-state index contributed by atoms with van der Waals surface area (Å²) < 4.78 is 137. The fourth-order valence-electron chi connectivity index (χ4n) is 4.67. The molecule has 0 rings (SSSR count). The quantitative estimate of drug-likeness (QED) is 0.0446. The average molecular weight is 668 g/mol. The van der Waals surface area contributed by atoms with Gasteiger partial charge < -0.3 is 9.04 Å². The molecule has 0 spiro atoms. The molecule has 0 atom stereocenters. The van der Waals surface area contributed by atoms with Crippen LogP contribution in [0.25, 0.3) is 0 Å². The summed E-state index contributed by atoms with van der Waals surface area (Å²) in [6, 6.07) is 0. The molecular formula is C29H54F9NO3S. The number of hydrogen-bond acceptors (Lipinski definition) is 3. The Labute approximate surface area is 253 Å². The summed E-state index contributed by atoms with van der Waals surface area (Å²) in [5.41, 5.74) is 0. The molecule has 0 aromatic rings. The van der Waals surface area contributed by atoms with Crippen molar-refractivity contribution in [1.29, 1.82) is 0 Å². The highest BCUT2D eigenvalue weighted by atomic mass is 32.2. The van der Waals surface area contributed by atoms with Crippen LogP contribution < -0.4 is 0 Å². The molecule has 0 aromatic carbocycles. The van der Waals surface area contributed by atoms with Crippen molar-refractivity contribution in [2.75, 3.05) is 26.7 Å². The van der Waals surface area contributed by atoms with Gasteiger partial charge in [-0.2, -0.15) is 39.5 Å². The van der Waals surface area contributed by atoms with Crippen LogP contribution in [-0.4, -0.2) is 67.4 Å². The molecule has 262 valence electrons. The highest BCUT2D eigenvalue weighted by Gasteiger charge is 2.83. The molecule has 0 amide bonds. The molecule has 0 saturated heterocycles. The van der Waals surface area contributed by atoms with Gasteiger partial charge in [0.05, 0.1) is 26.7 Å². The molecule has 0 heterocycles. The van der Waals surface area contributed by atoms with E-state index in [4.69, 9.17) is 0 Å². The molecule has 0 saturated carbocycles. The fourth-order valence-corrected chi connectivity index (χ4v) is 5.12. The second-order valence-electron chi connectivity index (χ2n) is 11.7. The first-order valence-electron chi connectivity index (χ1n) is 15.7. The molecule has 14 heteroatoms. The van der Waals surface area contributed by atoms with Crippen LogP contribution in [0.5, 0.6) is 0 Å². The summed E-state index contributed by atoms with van der Waals surface area (Å²) in [5.74, 6) is -14.8. The molecule has 0 fully saturated rings. The first-order chi connectivity index (χ1) is 19.7. The molecule has 0 aliphatic carbocycles. The topological polar surface area (TPSA) is 57.2 Å². The molecule has 0 aliphatic heterocycles. The fraction of sp³-hybridized carbons (Fsp3) is 1.00. The van der Waals surface area contributed by atoms with E-state index < -0.39 is 33.4 Å². The van der Waals surface area contributed by atoms with E-state index in [1.165, 1.54) is 140 Å². The van der Waals surface area contributed by atoms with Crippen LogP contribution in [0.15, 0.2) is 0 Å². The average Bonchev–Trinajstić information content (AvgIpc) is 2.89. The van der Waals surface area contributed by atoms with E-state index in [1.54, 1.807) is 0 Å². The second-order valence-corrected chi connectivity index (χ2v) is 13.1. The summed E-state index contributed by atoms with van der Waals surface area (Å²) in [7, 11) is -4.86. The maximum absolute atomic E-state index is 12.2. The van der Waals surface area contributed by atoms with E-state index >= 15 is 0 Å². The van der Waals surface area contributed by atoms with Gasteiger partial charge in [0, 0.05) is 0 Å². The largest absolute Gasteiger partial charge is 0.743 e. The lowest BCUT2D eigenvalue weighted by atomic mass is 10.1. The van der Waals surface area contributed by atoms with Crippen LogP contribution in [-0.2, 0) is 10.1 Å². The predicted octanol–water partition coefficient (Wildman–Crippen LogP) is 10.5. The lowest BCUT2D eigenvalue weighted by Gasteiger charge is -2.35. The van der Waals surface area contributed by atoms with Crippen LogP contribution in [0, 0.1) is 0 Å². The highest BCUT2D eigenvalue weighted by molar-refractivity contribution is 7.86. The Morgan fingerprint density at radius 2 is 0.744 bits per heavy atom. The Balaban J connectivity index is 0. The number of rotatable bonds is 24. The lowest BCUT2D eigenvalue weighted by molar-refractivity contribution is -0.910. The summed E-state index contributed by atoms with van der Waals surface area (Å²) in [5, 5.41) is -7.11. The Kier molecular flexibility index (Phi) is 21.8. The minimum absolute atomic E-state index is 1.36. The van der Waals surface area contributed by atoms with Crippen molar-refractivity contribution in [3.63, 3.8) is 0 Å². The minimum atomic E-state index is -7.43. The van der Waals surface area contributed by atoms with Crippen LogP contribution >= 0.6 is 0 Å². The number of quaternary nitrogens is 1. The number of halogens is 9. The van der Waals surface area contributed by atoms with Gasteiger partial charge in [0.25, 0.3) is 0 Å². The molecule has 0 bridgehead atoms. The Morgan fingerprint density at radius 3 is 0.977 bits per heavy atom. The number of nitrogens with zero attached hydrogens (tertiary/aromatic N) is 1. The van der Waals surface area contributed by atoms with E-state index in [2.05, 4.69) is 27.8 Å². The molecule has 0 aliphatic rings. The number of hydrogen-bond donors (Lipinski definition) is 0. The molecular weight excluding hydrogens is 613 g/mol. The summed E-state index contributed by atoms with van der Waals surface area (Å²) >= 11 is 0. The number of unbranched alkanes of at least 4 members (excludes halogenated alkanes) is 15. The van der Waals surface area contributed by atoms with Gasteiger partial charge in [-0.25, -0.2) is 8.42 Å². The van der Waals surface area contributed by atoms with Crippen molar-refractivity contribution >= 4 is 10.1 Å². The Bertz CT molecular complexity index is 767. The SMILES string of the molecule is CCCCCCCC[N+](C)(CCCCCCCC)CCCCCCCC.O=S(=O)([O-])C(F)(F)C(F)(F)C(F)(F)C(F)(F)F. The maximum Gasteiger partial charge on any atom is 0.460 e. The molecule has 0 radical (unpaired) electrons. The lowest BCUT2D eigenvalue weighted by Crippen LogP contribution is -2.63. The standard InChI is InChI=1S/C25H54N.C4HF9O3S/c1-5-8-11-14-17-20-23-26(4,24-21-18-15-12-9-6-2)25-22-19-16-13-10-7-3;5-1(6,3(9,10)11)2(7,8)4(12,13)17(14,15)16/h5-25H2,1-4H3;(H,14,15,16)/q+1;/p-1. The first kappa shape index (κ1) is 44.4. The normalized spacial score (nSPS) is 13.6. The number of alkyl halides is 9. The second kappa shape index (κ2) is 21.1. The van der Waals surface area contributed by atoms with Gasteiger partial charge in [-0.05, 0) is 38.5 Å². The highest BCUT2D eigenvalue weighted by Crippen LogP contribution is 2.54. The van der Waals surface area contributed by atoms with Gasteiger partial charge in [-0.15, -0.1) is 0 Å². The smallest absolute Gasteiger partial charge is 0.460 e. The summed E-state index contributed by atoms with van der Waals surface area (Å²) in [4.78, 5) is 0. The van der Waals surface area contributed by atoms with Gasteiger partial charge in [0.1, 0.15) is 0 Å². The Morgan fingerprint density at radius 1 is 0.488 bits per heavy atom. The van der Waals surface area contributed by atoms with Crippen molar-refractivity contribution in [1.82, 2.24) is 0 Å². The van der Waals surface area contributed by atoms with Gasteiger partial charge in [-0.1, -0.05) is 97.8 Å². The molecule has 0 aromatic heterocycles. The molecule has 0 unspecified atom stereocenters. The van der Waals surface area contributed by atoms with E-state index in [1.807, 2.05) is 0 Å². The summed E-state index contributed by atoms with van der Waals surface area (Å²) in [6.45, 7) is 11.2. The molecule has 43 heavy (non-hydrogen) atoms. The molecule has 0 N–H and O–H groups in total. The van der Waals surface area contributed by atoms with Gasteiger partial charge in [0.2, 0.25) is 0 Å². The van der Waals surface area contributed by atoms with Crippen LogP contribution in [0.3, 0.4) is 0 Å². The van der Waals surface area contributed by atoms with Gasteiger partial charge in [-0.3, -0.25) is 0 Å². The third kappa shape index (κ3) is 16.4. The van der Waals surface area contributed by atoms with E-state index in [9.17, 15) is 52.5 Å².